The van der Waals surface area contributed by atoms with Crippen LogP contribution in [0, 0.1) is 0 Å². The normalized spacial score (nSPS) is 10.8. The van der Waals surface area contributed by atoms with Gasteiger partial charge in [0.2, 0.25) is 5.82 Å². The third-order valence-corrected chi connectivity index (χ3v) is 3.78. The van der Waals surface area contributed by atoms with E-state index in [0.29, 0.717) is 16.6 Å². The van der Waals surface area contributed by atoms with Crippen molar-refractivity contribution in [1.82, 2.24) is 10.1 Å². The van der Waals surface area contributed by atoms with Crippen molar-refractivity contribution in [3.8, 4) is 27.9 Å². The molecule has 0 saturated heterocycles. The first-order valence-corrected chi connectivity index (χ1v) is 6.85. The van der Waals surface area contributed by atoms with E-state index in [2.05, 4.69) is 17.1 Å². The van der Waals surface area contributed by atoms with Crippen molar-refractivity contribution >= 4 is 11.3 Å². The second-order valence-electron chi connectivity index (χ2n) is 4.11. The maximum atomic E-state index is 9.63. The van der Waals surface area contributed by atoms with Crippen LogP contribution in [0.4, 0.5) is 0 Å². The Morgan fingerprint density at radius 3 is 2.63 bits per heavy atom. The van der Waals surface area contributed by atoms with Crippen molar-refractivity contribution in [3.05, 3.63) is 41.3 Å². The minimum Gasteiger partial charge on any atom is -0.506 e. The Bertz CT molecular complexity index is 686. The minimum atomic E-state index is 0.168. The first-order valence-electron chi connectivity index (χ1n) is 5.97. The van der Waals surface area contributed by atoms with E-state index in [1.54, 1.807) is 11.4 Å². The number of aromatic hydroxyl groups is 1. The van der Waals surface area contributed by atoms with Crippen molar-refractivity contribution in [2.75, 3.05) is 0 Å². The highest BCUT2D eigenvalue weighted by molar-refractivity contribution is 7.13. The molecule has 0 spiro atoms. The van der Waals surface area contributed by atoms with Crippen LogP contribution in [0.3, 0.4) is 0 Å². The number of nitrogens with zero attached hydrogens (tertiary/aromatic N) is 2. The van der Waals surface area contributed by atoms with Crippen LogP contribution in [0.5, 0.6) is 5.75 Å². The van der Waals surface area contributed by atoms with Gasteiger partial charge in [-0.25, -0.2) is 0 Å². The van der Waals surface area contributed by atoms with E-state index >= 15 is 0 Å². The smallest absolute Gasteiger partial charge is 0.272 e. The van der Waals surface area contributed by atoms with Gasteiger partial charge in [0, 0.05) is 5.56 Å². The fourth-order valence-corrected chi connectivity index (χ4v) is 2.49. The minimum absolute atomic E-state index is 0.168. The van der Waals surface area contributed by atoms with Gasteiger partial charge < -0.3 is 9.63 Å². The molecule has 1 N–H and O–H groups in total. The molecule has 0 atom stereocenters. The van der Waals surface area contributed by atoms with E-state index in [1.165, 1.54) is 16.9 Å². The molecule has 2 aromatic heterocycles. The quantitative estimate of drug-likeness (QED) is 0.789. The number of hydrogen-bond donors (Lipinski definition) is 1. The van der Waals surface area contributed by atoms with Gasteiger partial charge in [0.15, 0.2) is 0 Å². The van der Waals surface area contributed by atoms with Gasteiger partial charge in [0.05, 0.1) is 0 Å². The van der Waals surface area contributed by atoms with Gasteiger partial charge in [-0.3, -0.25) is 0 Å². The summed E-state index contributed by atoms with van der Waals surface area (Å²) in [7, 11) is 0. The number of hydrogen-bond acceptors (Lipinski definition) is 5. The maximum absolute atomic E-state index is 9.63. The molecule has 5 heteroatoms. The van der Waals surface area contributed by atoms with Crippen molar-refractivity contribution in [2.45, 2.75) is 13.3 Å². The monoisotopic (exact) mass is 272 g/mol. The molecule has 0 saturated carbocycles. The molecule has 0 amide bonds. The molecule has 0 unspecified atom stereocenters. The fourth-order valence-electron chi connectivity index (χ4n) is 1.79. The summed E-state index contributed by atoms with van der Waals surface area (Å²) in [6.45, 7) is 2.11. The van der Waals surface area contributed by atoms with E-state index in [0.717, 1.165) is 12.0 Å². The topological polar surface area (TPSA) is 59.2 Å². The van der Waals surface area contributed by atoms with Gasteiger partial charge in [-0.05, 0) is 23.4 Å². The lowest BCUT2D eigenvalue weighted by atomic mass is 10.1. The summed E-state index contributed by atoms with van der Waals surface area (Å²) in [5.74, 6) is 1.05. The van der Waals surface area contributed by atoms with E-state index in [4.69, 9.17) is 4.52 Å². The highest BCUT2D eigenvalue weighted by atomic mass is 32.1. The average Bonchev–Trinajstić information content (AvgIpc) is 3.07. The average molecular weight is 272 g/mol. The molecular formula is C14H12N2O2S. The van der Waals surface area contributed by atoms with Crippen LogP contribution in [0.15, 0.2) is 40.2 Å². The molecule has 2 heterocycles. The van der Waals surface area contributed by atoms with Gasteiger partial charge in [-0.1, -0.05) is 36.3 Å². The number of aryl methyl sites for hydroxylation is 1. The summed E-state index contributed by atoms with van der Waals surface area (Å²) >= 11 is 1.37. The number of thiophene rings is 1. The molecule has 0 radical (unpaired) electrons. The third-order valence-electron chi connectivity index (χ3n) is 2.89. The van der Waals surface area contributed by atoms with Gasteiger partial charge in [-0.2, -0.15) is 4.98 Å². The zero-order chi connectivity index (χ0) is 13.2. The van der Waals surface area contributed by atoms with Gasteiger partial charge in [-0.15, -0.1) is 11.3 Å². The predicted molar refractivity (Wildman–Crippen MR) is 74.1 cm³/mol. The van der Waals surface area contributed by atoms with E-state index in [9.17, 15) is 5.11 Å². The van der Waals surface area contributed by atoms with Gasteiger partial charge in [0.1, 0.15) is 10.6 Å². The SMILES string of the molecule is CCc1ccc(-c2noc(-c3sccc3O)n2)cc1. The van der Waals surface area contributed by atoms with Crippen LogP contribution in [-0.4, -0.2) is 15.2 Å². The lowest BCUT2D eigenvalue weighted by Crippen LogP contribution is -1.83. The van der Waals surface area contributed by atoms with Crippen molar-refractivity contribution < 1.29 is 9.63 Å². The molecule has 1 aromatic carbocycles. The number of rotatable bonds is 3. The summed E-state index contributed by atoms with van der Waals surface area (Å²) in [5.41, 5.74) is 2.17. The van der Waals surface area contributed by atoms with Crippen LogP contribution in [0.25, 0.3) is 22.2 Å². The first kappa shape index (κ1) is 11.9. The second-order valence-corrected chi connectivity index (χ2v) is 5.02. The van der Waals surface area contributed by atoms with Crippen molar-refractivity contribution in [3.63, 3.8) is 0 Å². The van der Waals surface area contributed by atoms with E-state index < -0.39 is 0 Å². The fraction of sp³-hybridized carbons (Fsp3) is 0.143. The highest BCUT2D eigenvalue weighted by Crippen LogP contribution is 2.34. The second kappa shape index (κ2) is 4.85. The maximum Gasteiger partial charge on any atom is 0.272 e. The number of aromatic nitrogens is 2. The van der Waals surface area contributed by atoms with Gasteiger partial charge in [0.25, 0.3) is 5.89 Å². The Labute approximate surface area is 114 Å². The molecule has 3 rings (SSSR count). The largest absolute Gasteiger partial charge is 0.506 e. The van der Waals surface area contributed by atoms with Crippen molar-refractivity contribution in [2.24, 2.45) is 0 Å². The lowest BCUT2D eigenvalue weighted by Gasteiger charge is -1.97. The Morgan fingerprint density at radius 2 is 2.00 bits per heavy atom. The molecule has 0 fully saturated rings. The molecule has 4 nitrogen and oxygen atoms in total. The zero-order valence-electron chi connectivity index (χ0n) is 10.3. The predicted octanol–water partition coefficient (Wildman–Crippen LogP) is 3.73. The Balaban J connectivity index is 1.94. The molecule has 96 valence electrons. The highest BCUT2D eigenvalue weighted by Gasteiger charge is 2.14. The molecule has 19 heavy (non-hydrogen) atoms. The molecule has 0 aliphatic heterocycles. The van der Waals surface area contributed by atoms with E-state index in [1.807, 2.05) is 24.3 Å². The van der Waals surface area contributed by atoms with Crippen LogP contribution >= 0.6 is 11.3 Å². The lowest BCUT2D eigenvalue weighted by molar-refractivity contribution is 0.427. The molecule has 3 aromatic rings. The Kier molecular flexibility index (Phi) is 3.05. The summed E-state index contributed by atoms with van der Waals surface area (Å²) in [6, 6.07) is 9.66. The summed E-state index contributed by atoms with van der Waals surface area (Å²) in [4.78, 5) is 4.91. The van der Waals surface area contributed by atoms with Crippen molar-refractivity contribution in [1.29, 1.82) is 0 Å². The van der Waals surface area contributed by atoms with Crippen LogP contribution in [0.1, 0.15) is 12.5 Å². The zero-order valence-corrected chi connectivity index (χ0v) is 11.1. The molecular weight excluding hydrogens is 260 g/mol. The summed E-state index contributed by atoms with van der Waals surface area (Å²) in [6.07, 6.45) is 1.00. The third kappa shape index (κ3) is 2.24. The Morgan fingerprint density at radius 1 is 1.21 bits per heavy atom. The van der Waals surface area contributed by atoms with Crippen LogP contribution in [-0.2, 0) is 6.42 Å². The molecule has 0 aliphatic rings. The summed E-state index contributed by atoms with van der Waals surface area (Å²) < 4.78 is 5.19. The van der Waals surface area contributed by atoms with Crippen LogP contribution < -0.4 is 0 Å². The standard InChI is InChI=1S/C14H12N2O2S/c1-2-9-3-5-10(6-4-9)13-15-14(18-16-13)12-11(17)7-8-19-12/h3-8,17H,2H2,1H3. The van der Waals surface area contributed by atoms with Gasteiger partial charge >= 0.3 is 0 Å². The number of benzene rings is 1. The molecule has 0 aliphatic carbocycles. The first-order chi connectivity index (χ1) is 9.28. The Hall–Kier alpha value is -2.14. The van der Waals surface area contributed by atoms with E-state index in [-0.39, 0.29) is 5.75 Å². The van der Waals surface area contributed by atoms with Crippen LogP contribution in [0.2, 0.25) is 0 Å². The summed E-state index contributed by atoms with van der Waals surface area (Å²) in [5, 5.41) is 15.4. The molecule has 0 bridgehead atoms.